The number of nitrogens with two attached hydrogens (primary N) is 1. The zero-order valence-corrected chi connectivity index (χ0v) is 15.1. The molecule has 0 saturated heterocycles. The van der Waals surface area contributed by atoms with Crippen molar-refractivity contribution in [2.24, 2.45) is 0 Å². The molecule has 0 heterocycles. The van der Waals surface area contributed by atoms with Crippen molar-refractivity contribution < 1.29 is 17.9 Å². The molecule has 0 atom stereocenters. The Labute approximate surface area is 157 Å². The number of carbonyl (C=O) groups is 1. The van der Waals surface area contributed by atoms with Gasteiger partial charge in [0, 0.05) is 5.69 Å². The van der Waals surface area contributed by atoms with E-state index in [-0.39, 0.29) is 22.8 Å². The average molecular weight is 382 g/mol. The number of hydrogen-bond acceptors (Lipinski definition) is 5. The summed E-state index contributed by atoms with van der Waals surface area (Å²) >= 11 is 0. The third-order valence-electron chi connectivity index (χ3n) is 3.77. The summed E-state index contributed by atoms with van der Waals surface area (Å²) in [7, 11) is -3.90. The molecule has 138 valence electrons. The van der Waals surface area contributed by atoms with Crippen LogP contribution in [0.1, 0.15) is 15.9 Å². The van der Waals surface area contributed by atoms with Crippen molar-refractivity contribution >= 4 is 27.4 Å². The monoisotopic (exact) mass is 382 g/mol. The number of rotatable bonds is 6. The number of esters is 1. The Bertz CT molecular complexity index is 1050. The summed E-state index contributed by atoms with van der Waals surface area (Å²) in [5.41, 5.74) is 7.08. The van der Waals surface area contributed by atoms with Crippen molar-refractivity contribution in [3.8, 4) is 0 Å². The lowest BCUT2D eigenvalue weighted by Gasteiger charge is -2.12. The van der Waals surface area contributed by atoms with Crippen molar-refractivity contribution in [3.63, 3.8) is 0 Å². The van der Waals surface area contributed by atoms with Crippen molar-refractivity contribution in [1.29, 1.82) is 0 Å². The van der Waals surface area contributed by atoms with Crippen LogP contribution in [-0.2, 0) is 21.4 Å². The molecule has 0 aliphatic heterocycles. The number of nitrogens with one attached hydrogen (secondary N) is 1. The topological polar surface area (TPSA) is 98.5 Å². The van der Waals surface area contributed by atoms with E-state index in [1.54, 1.807) is 24.3 Å². The Kier molecular flexibility index (Phi) is 5.42. The first-order valence-corrected chi connectivity index (χ1v) is 9.62. The average Bonchev–Trinajstić information content (AvgIpc) is 2.67. The second-order valence-electron chi connectivity index (χ2n) is 5.79. The van der Waals surface area contributed by atoms with Gasteiger partial charge in [-0.1, -0.05) is 48.5 Å². The Hall–Kier alpha value is -3.32. The maximum Gasteiger partial charge on any atom is 0.340 e. The molecule has 27 heavy (non-hydrogen) atoms. The van der Waals surface area contributed by atoms with E-state index in [0.29, 0.717) is 5.69 Å². The van der Waals surface area contributed by atoms with Gasteiger partial charge in [-0.2, -0.15) is 0 Å². The molecule has 6 nitrogen and oxygen atoms in total. The van der Waals surface area contributed by atoms with E-state index < -0.39 is 16.0 Å². The summed E-state index contributed by atoms with van der Waals surface area (Å²) in [6.07, 6.45) is 0. The smallest absolute Gasteiger partial charge is 0.340 e. The molecule has 0 radical (unpaired) electrons. The Morgan fingerprint density at radius 2 is 1.63 bits per heavy atom. The van der Waals surface area contributed by atoms with Crippen LogP contribution in [0.5, 0.6) is 0 Å². The molecule has 0 fully saturated rings. The molecule has 3 aromatic carbocycles. The van der Waals surface area contributed by atoms with Gasteiger partial charge >= 0.3 is 5.97 Å². The fourth-order valence-electron chi connectivity index (χ4n) is 2.44. The maximum atomic E-state index is 12.6. The fraction of sp³-hybridized carbons (Fsp3) is 0.0500. The van der Waals surface area contributed by atoms with E-state index in [1.807, 2.05) is 30.3 Å². The minimum absolute atomic E-state index is 0.00922. The summed E-state index contributed by atoms with van der Waals surface area (Å²) in [6, 6.07) is 21.4. The summed E-state index contributed by atoms with van der Waals surface area (Å²) < 4.78 is 32.9. The van der Waals surface area contributed by atoms with Crippen molar-refractivity contribution in [2.45, 2.75) is 11.5 Å². The van der Waals surface area contributed by atoms with Crippen LogP contribution < -0.4 is 10.5 Å². The van der Waals surface area contributed by atoms with E-state index in [0.717, 1.165) is 5.56 Å². The lowest BCUT2D eigenvalue weighted by atomic mass is 10.2. The first-order chi connectivity index (χ1) is 13.0. The van der Waals surface area contributed by atoms with Gasteiger partial charge in [-0.05, 0) is 35.9 Å². The molecule has 0 aromatic heterocycles. The SMILES string of the molecule is Nc1cccc(S(=O)(=O)Nc2ccccc2C(=O)OCc2ccccc2)c1. The first kappa shape index (κ1) is 18.5. The molecule has 3 aromatic rings. The second kappa shape index (κ2) is 7.92. The lowest BCUT2D eigenvalue weighted by molar-refractivity contribution is 0.0474. The molecule has 7 heteroatoms. The van der Waals surface area contributed by atoms with Crippen LogP contribution in [0.15, 0.2) is 83.8 Å². The van der Waals surface area contributed by atoms with Crippen LogP contribution in [0, 0.1) is 0 Å². The van der Waals surface area contributed by atoms with Crippen molar-refractivity contribution in [1.82, 2.24) is 0 Å². The highest BCUT2D eigenvalue weighted by molar-refractivity contribution is 7.92. The third kappa shape index (κ3) is 4.65. The predicted molar refractivity (Wildman–Crippen MR) is 104 cm³/mol. The summed E-state index contributed by atoms with van der Waals surface area (Å²) in [5, 5.41) is 0. The summed E-state index contributed by atoms with van der Waals surface area (Å²) in [5.74, 6) is -0.621. The number of nitrogen functional groups attached to an aromatic ring is 1. The number of ether oxygens (including phenoxy) is 1. The number of sulfonamides is 1. The van der Waals surface area contributed by atoms with Gasteiger partial charge in [0.05, 0.1) is 16.1 Å². The van der Waals surface area contributed by atoms with Gasteiger partial charge in [0.1, 0.15) is 6.61 Å². The lowest BCUT2D eigenvalue weighted by Crippen LogP contribution is -2.16. The quantitative estimate of drug-likeness (QED) is 0.503. The molecular formula is C20H18N2O4S. The molecule has 0 saturated carbocycles. The first-order valence-electron chi connectivity index (χ1n) is 8.14. The Morgan fingerprint density at radius 3 is 2.37 bits per heavy atom. The Morgan fingerprint density at radius 1 is 0.926 bits per heavy atom. The van der Waals surface area contributed by atoms with E-state index >= 15 is 0 Å². The fourth-order valence-corrected chi connectivity index (χ4v) is 3.57. The normalized spacial score (nSPS) is 11.0. The number of benzene rings is 3. The van der Waals surface area contributed by atoms with Crippen molar-refractivity contribution in [3.05, 3.63) is 90.0 Å². The van der Waals surface area contributed by atoms with Gasteiger partial charge in [0.15, 0.2) is 0 Å². The van der Waals surface area contributed by atoms with E-state index in [4.69, 9.17) is 10.5 Å². The van der Waals surface area contributed by atoms with Gasteiger partial charge in [0.25, 0.3) is 10.0 Å². The standard InChI is InChI=1S/C20H18N2O4S/c21-16-9-6-10-17(13-16)27(24,25)22-19-12-5-4-11-18(19)20(23)26-14-15-7-2-1-3-8-15/h1-13,22H,14,21H2. The van der Waals surface area contributed by atoms with Gasteiger partial charge in [-0.25, -0.2) is 13.2 Å². The zero-order chi connectivity index (χ0) is 19.3. The second-order valence-corrected chi connectivity index (χ2v) is 7.47. The van der Waals surface area contributed by atoms with Gasteiger partial charge in [-0.15, -0.1) is 0 Å². The number of para-hydroxylation sites is 1. The number of carbonyl (C=O) groups excluding carboxylic acids is 1. The minimum atomic E-state index is -3.90. The zero-order valence-electron chi connectivity index (χ0n) is 14.3. The largest absolute Gasteiger partial charge is 0.457 e. The number of hydrogen-bond donors (Lipinski definition) is 2. The highest BCUT2D eigenvalue weighted by Gasteiger charge is 2.19. The van der Waals surface area contributed by atoms with E-state index in [9.17, 15) is 13.2 Å². The van der Waals surface area contributed by atoms with Gasteiger partial charge < -0.3 is 10.5 Å². The van der Waals surface area contributed by atoms with Crippen LogP contribution in [0.4, 0.5) is 11.4 Å². The molecule has 0 aliphatic carbocycles. The van der Waals surface area contributed by atoms with Crippen LogP contribution in [0.25, 0.3) is 0 Å². The molecular weight excluding hydrogens is 364 g/mol. The molecule has 0 amide bonds. The summed E-state index contributed by atoms with van der Waals surface area (Å²) in [4.78, 5) is 12.4. The van der Waals surface area contributed by atoms with E-state index in [1.165, 1.54) is 24.3 Å². The predicted octanol–water partition coefficient (Wildman–Crippen LogP) is 3.43. The molecule has 0 bridgehead atoms. The van der Waals surface area contributed by atoms with Gasteiger partial charge in [-0.3, -0.25) is 4.72 Å². The maximum absolute atomic E-state index is 12.6. The number of anilines is 2. The highest BCUT2D eigenvalue weighted by atomic mass is 32.2. The molecule has 0 spiro atoms. The molecule has 0 unspecified atom stereocenters. The van der Waals surface area contributed by atoms with E-state index in [2.05, 4.69) is 4.72 Å². The van der Waals surface area contributed by atoms with Crippen LogP contribution in [0.3, 0.4) is 0 Å². The highest BCUT2D eigenvalue weighted by Crippen LogP contribution is 2.22. The van der Waals surface area contributed by atoms with Crippen LogP contribution >= 0.6 is 0 Å². The Balaban J connectivity index is 1.80. The third-order valence-corrected chi connectivity index (χ3v) is 5.14. The van der Waals surface area contributed by atoms with Gasteiger partial charge in [0.2, 0.25) is 0 Å². The van der Waals surface area contributed by atoms with Crippen LogP contribution in [0.2, 0.25) is 0 Å². The minimum Gasteiger partial charge on any atom is -0.457 e. The molecule has 0 aliphatic rings. The summed E-state index contributed by atoms with van der Waals surface area (Å²) in [6.45, 7) is 0.0932. The molecule has 3 rings (SSSR count). The molecule has 3 N–H and O–H groups in total. The van der Waals surface area contributed by atoms with Crippen LogP contribution in [-0.4, -0.2) is 14.4 Å². The van der Waals surface area contributed by atoms with Crippen molar-refractivity contribution in [2.75, 3.05) is 10.5 Å².